The number of anilines is 1. The zero-order chi connectivity index (χ0) is 26.6. The van der Waals surface area contributed by atoms with Crippen LogP contribution in [-0.4, -0.2) is 71.4 Å². The normalized spacial score (nSPS) is 18.6. The average molecular weight is 568 g/mol. The average Bonchev–Trinajstić information content (AvgIpc) is 2.81. The molecule has 3 N–H and O–H groups in total. The maximum absolute atomic E-state index is 13.4. The smallest absolute Gasteiger partial charge is 0.379 e. The van der Waals surface area contributed by atoms with E-state index in [9.17, 15) is 30.0 Å². The molecule has 0 amide bonds. The van der Waals surface area contributed by atoms with Crippen molar-refractivity contribution in [3.05, 3.63) is 48.5 Å². The second-order valence-corrected chi connectivity index (χ2v) is 12.9. The lowest BCUT2D eigenvalue weighted by atomic mass is 10.1. The first-order valence-electron chi connectivity index (χ1n) is 11.0. The van der Waals surface area contributed by atoms with Gasteiger partial charge in [-0.25, -0.2) is 22.0 Å². The Kier molecular flexibility index (Phi) is 9.33. The molecule has 200 valence electrons. The molecule has 1 fully saturated rings. The molecule has 1 aliphatic heterocycles. The number of sulfonamides is 1. The number of alkyl halides is 3. The van der Waals surface area contributed by atoms with Gasteiger partial charge in [0.2, 0.25) is 10.0 Å². The summed E-state index contributed by atoms with van der Waals surface area (Å²) >= 11 is 1.41. The topological polar surface area (TPSA) is 119 Å². The highest BCUT2D eigenvalue weighted by Crippen LogP contribution is 2.38. The number of hydrogen-bond donors (Lipinski definition) is 2. The van der Waals surface area contributed by atoms with Gasteiger partial charge in [0.05, 0.1) is 18.9 Å². The number of para-hydroxylation sites is 1. The molecule has 0 saturated carbocycles. The lowest BCUT2D eigenvalue weighted by molar-refractivity contribution is -0.0435. The first-order chi connectivity index (χ1) is 16.8. The lowest BCUT2D eigenvalue weighted by Gasteiger charge is -2.34. The van der Waals surface area contributed by atoms with Crippen molar-refractivity contribution < 1.29 is 34.7 Å². The van der Waals surface area contributed by atoms with Crippen LogP contribution in [0.4, 0.5) is 18.9 Å². The number of thioether (sulfide) groups is 1. The Morgan fingerprint density at radius 3 is 2.39 bits per heavy atom. The van der Waals surface area contributed by atoms with Gasteiger partial charge in [-0.3, -0.25) is 4.90 Å². The summed E-state index contributed by atoms with van der Waals surface area (Å²) in [6.07, 6.45) is 0.397. The standard InChI is InChI=1S/C22H28F3N3O5S3/c1-16-14-33-13-12-28(16)11-10-17(15-34-18-6-3-2-4-7-18)27-21-19(35(29,30)22(23,24)25)8-5-9-20(21)36(26,31)32/h2-9,16-17,27H,10-15H2,1H3,(H2,26,31,32)/t16-,17+/m0/s1. The van der Waals surface area contributed by atoms with Gasteiger partial charge in [-0.1, -0.05) is 24.3 Å². The van der Waals surface area contributed by atoms with E-state index in [1.807, 2.05) is 37.3 Å². The van der Waals surface area contributed by atoms with Gasteiger partial charge in [-0.2, -0.15) is 13.2 Å². The predicted molar refractivity (Wildman–Crippen MR) is 132 cm³/mol. The van der Waals surface area contributed by atoms with Gasteiger partial charge in [0.1, 0.15) is 9.79 Å². The molecule has 1 heterocycles. The van der Waals surface area contributed by atoms with Gasteiger partial charge in [0.25, 0.3) is 9.84 Å². The van der Waals surface area contributed by atoms with E-state index in [0.29, 0.717) is 38.5 Å². The van der Waals surface area contributed by atoms with E-state index in [1.54, 1.807) is 0 Å². The van der Waals surface area contributed by atoms with E-state index in [1.165, 1.54) is 11.8 Å². The number of nitrogens with two attached hydrogens (primary N) is 1. The van der Waals surface area contributed by atoms with E-state index < -0.39 is 46.9 Å². The number of primary sulfonamides is 1. The lowest BCUT2D eigenvalue weighted by Crippen LogP contribution is -2.45. The molecular formula is C22H28F3N3O5S3. The summed E-state index contributed by atoms with van der Waals surface area (Å²) in [6.45, 7) is 4.28. The number of ether oxygens (including phenoxy) is 1. The third kappa shape index (κ3) is 7.13. The molecule has 3 rings (SSSR count). The molecule has 8 nitrogen and oxygen atoms in total. The third-order valence-corrected chi connectivity index (χ3v) is 9.36. The van der Waals surface area contributed by atoms with Crippen molar-refractivity contribution in [2.75, 3.05) is 37.4 Å². The Bertz CT molecular complexity index is 1240. The molecule has 1 aliphatic rings. The number of halogens is 3. The molecule has 0 radical (unpaired) electrons. The quantitative estimate of drug-likeness (QED) is 0.420. The molecule has 2 aromatic rings. The fourth-order valence-corrected chi connectivity index (χ4v) is 6.49. The number of rotatable bonds is 10. The largest absolute Gasteiger partial charge is 0.501 e. The molecule has 0 bridgehead atoms. The van der Waals surface area contributed by atoms with E-state index in [0.717, 1.165) is 23.1 Å². The Morgan fingerprint density at radius 1 is 1.11 bits per heavy atom. The summed E-state index contributed by atoms with van der Waals surface area (Å²) in [7, 11) is -10.4. The number of hydrogen-bond acceptors (Lipinski definition) is 8. The number of nitrogens with zero attached hydrogens (tertiary/aromatic N) is 1. The highest BCUT2D eigenvalue weighted by atomic mass is 32.2. The minimum atomic E-state index is -5.86. The predicted octanol–water partition coefficient (Wildman–Crippen LogP) is 3.31. The van der Waals surface area contributed by atoms with Gasteiger partial charge in [0, 0.05) is 35.8 Å². The van der Waals surface area contributed by atoms with E-state index in [2.05, 4.69) is 10.2 Å². The van der Waals surface area contributed by atoms with Crippen molar-refractivity contribution in [1.82, 2.24) is 4.90 Å². The second kappa shape index (κ2) is 11.7. The van der Waals surface area contributed by atoms with Crippen molar-refractivity contribution in [2.24, 2.45) is 5.14 Å². The summed E-state index contributed by atoms with van der Waals surface area (Å²) in [4.78, 5) is 1.15. The van der Waals surface area contributed by atoms with Crippen LogP contribution < -0.4 is 10.5 Å². The summed E-state index contributed by atoms with van der Waals surface area (Å²) in [5.41, 5.74) is -6.30. The van der Waals surface area contributed by atoms with Crippen LogP contribution in [0.25, 0.3) is 0 Å². The van der Waals surface area contributed by atoms with Crippen LogP contribution in [-0.2, 0) is 24.6 Å². The first kappa shape index (κ1) is 28.7. The van der Waals surface area contributed by atoms with E-state index in [4.69, 9.17) is 9.88 Å². The Hall–Kier alpha value is -1.84. The molecule has 2 aromatic carbocycles. The molecule has 0 unspecified atom stereocenters. The van der Waals surface area contributed by atoms with E-state index in [-0.39, 0.29) is 6.04 Å². The van der Waals surface area contributed by atoms with Gasteiger partial charge >= 0.3 is 5.51 Å². The van der Waals surface area contributed by atoms with Gasteiger partial charge in [-0.05, 0) is 37.6 Å². The fourth-order valence-electron chi connectivity index (χ4n) is 3.77. The first-order valence-corrected chi connectivity index (χ1v) is 15.1. The van der Waals surface area contributed by atoms with Crippen LogP contribution in [0.5, 0.6) is 0 Å². The van der Waals surface area contributed by atoms with Crippen LogP contribution in [0, 0.1) is 0 Å². The minimum absolute atomic E-state index is 0.124. The molecule has 1 saturated heterocycles. The summed E-state index contributed by atoms with van der Waals surface area (Å²) in [5.74, 6) is 0.327. The molecule has 14 heteroatoms. The minimum Gasteiger partial charge on any atom is -0.379 e. The van der Waals surface area contributed by atoms with Crippen LogP contribution >= 0.6 is 11.8 Å². The molecule has 0 spiro atoms. The Labute approximate surface area is 213 Å². The zero-order valence-electron chi connectivity index (χ0n) is 19.4. The Balaban J connectivity index is 1.98. The van der Waals surface area contributed by atoms with Crippen LogP contribution in [0.15, 0.2) is 63.2 Å². The zero-order valence-corrected chi connectivity index (χ0v) is 21.9. The second-order valence-electron chi connectivity index (χ2n) is 8.34. The molecular weight excluding hydrogens is 539 g/mol. The van der Waals surface area contributed by atoms with Crippen LogP contribution in [0.1, 0.15) is 13.3 Å². The number of sulfone groups is 1. The highest BCUT2D eigenvalue weighted by molar-refractivity contribution is 7.99. The van der Waals surface area contributed by atoms with E-state index >= 15 is 0 Å². The van der Waals surface area contributed by atoms with Crippen molar-refractivity contribution in [3.63, 3.8) is 0 Å². The van der Waals surface area contributed by atoms with Crippen molar-refractivity contribution in [3.8, 4) is 0 Å². The Morgan fingerprint density at radius 2 is 1.78 bits per heavy atom. The maximum atomic E-state index is 13.4. The van der Waals surface area contributed by atoms with Crippen molar-refractivity contribution in [1.29, 1.82) is 0 Å². The van der Waals surface area contributed by atoms with Crippen molar-refractivity contribution >= 4 is 37.3 Å². The van der Waals surface area contributed by atoms with Gasteiger partial charge in [-0.15, -0.1) is 11.8 Å². The molecule has 2 atom stereocenters. The monoisotopic (exact) mass is 567 g/mol. The summed E-state index contributed by atoms with van der Waals surface area (Å²) in [5, 5.41) is 8.07. The SMILES string of the molecule is C[C@H]1COCCN1CC[C@H](CSc1ccccc1)Nc1c(S(N)(=O)=O)cccc1S(=O)(=O)C(F)(F)F. The molecule has 0 aromatic heterocycles. The third-order valence-electron chi connectivity index (χ3n) is 5.70. The molecule has 36 heavy (non-hydrogen) atoms. The number of morpholine rings is 1. The molecule has 0 aliphatic carbocycles. The van der Waals surface area contributed by atoms with Crippen LogP contribution in [0.3, 0.4) is 0 Å². The number of benzene rings is 2. The maximum Gasteiger partial charge on any atom is 0.501 e. The summed E-state index contributed by atoms with van der Waals surface area (Å²) in [6, 6.07) is 11.4. The van der Waals surface area contributed by atoms with Crippen LogP contribution in [0.2, 0.25) is 0 Å². The van der Waals surface area contributed by atoms with Gasteiger partial charge in [0.15, 0.2) is 0 Å². The fraction of sp³-hybridized carbons (Fsp3) is 0.455. The number of nitrogens with one attached hydrogen (secondary N) is 1. The van der Waals surface area contributed by atoms with Gasteiger partial charge < -0.3 is 10.1 Å². The van der Waals surface area contributed by atoms with Crippen molar-refractivity contribution in [2.45, 2.75) is 45.6 Å². The summed E-state index contributed by atoms with van der Waals surface area (Å²) < 4.78 is 94.9. The highest BCUT2D eigenvalue weighted by Gasteiger charge is 2.48.